The van der Waals surface area contributed by atoms with Crippen molar-refractivity contribution in [2.75, 3.05) is 0 Å². The Morgan fingerprint density at radius 3 is 2.41 bits per heavy atom. The number of hydrogen-bond donors (Lipinski definition) is 1. The second-order valence-corrected chi connectivity index (χ2v) is 5.76. The van der Waals surface area contributed by atoms with Gasteiger partial charge < -0.3 is 5.11 Å². The Hall–Kier alpha value is -2.80. The molecule has 0 saturated heterocycles. The van der Waals surface area contributed by atoms with Crippen molar-refractivity contribution in [3.05, 3.63) is 71.4 Å². The third kappa shape index (κ3) is 1.72. The third-order valence-corrected chi connectivity index (χ3v) is 4.42. The van der Waals surface area contributed by atoms with Gasteiger partial charge in [-0.05, 0) is 45.8 Å². The average Bonchev–Trinajstić information content (AvgIpc) is 2.55. The van der Waals surface area contributed by atoms with Crippen LogP contribution in [0.2, 0.25) is 0 Å². The van der Waals surface area contributed by atoms with E-state index in [1.54, 1.807) is 0 Å². The lowest BCUT2D eigenvalue weighted by molar-refractivity contribution is 0.473. The smallest absolute Gasteiger partial charge is 0.123 e. The molecule has 4 rings (SSSR count). The summed E-state index contributed by atoms with van der Waals surface area (Å²) in [4.78, 5) is 0. The van der Waals surface area contributed by atoms with Crippen LogP contribution in [-0.2, 0) is 0 Å². The average molecular weight is 284 g/mol. The van der Waals surface area contributed by atoms with Crippen molar-refractivity contribution >= 4 is 28.1 Å². The van der Waals surface area contributed by atoms with Gasteiger partial charge in [-0.1, -0.05) is 61.2 Å². The van der Waals surface area contributed by atoms with Crippen LogP contribution in [0.1, 0.15) is 5.56 Å². The number of phenolic OH excluding ortho intramolecular Hbond substituents is 1. The van der Waals surface area contributed by atoms with Gasteiger partial charge in [0, 0.05) is 10.6 Å². The van der Waals surface area contributed by atoms with E-state index < -0.39 is 0 Å². The van der Waals surface area contributed by atoms with Gasteiger partial charge in [-0.25, -0.2) is 0 Å². The zero-order valence-corrected chi connectivity index (χ0v) is 12.4. The lowest BCUT2D eigenvalue weighted by Gasteiger charge is -2.14. The molecule has 0 aromatic heterocycles. The van der Waals surface area contributed by atoms with E-state index in [1.165, 1.54) is 16.3 Å². The molecule has 1 heteroatoms. The predicted molar refractivity (Wildman–Crippen MR) is 94.0 cm³/mol. The highest BCUT2D eigenvalue weighted by atomic mass is 16.3. The van der Waals surface area contributed by atoms with Gasteiger partial charge in [0.1, 0.15) is 5.75 Å². The van der Waals surface area contributed by atoms with Crippen molar-refractivity contribution in [3.63, 3.8) is 0 Å². The molecular weight excluding hydrogens is 268 g/mol. The summed E-state index contributed by atoms with van der Waals surface area (Å²) in [6.45, 7) is 6.23. The molecule has 22 heavy (non-hydrogen) atoms. The molecule has 0 radical (unpaired) electrons. The first-order valence-electron chi connectivity index (χ1n) is 7.39. The second-order valence-electron chi connectivity index (χ2n) is 5.76. The van der Waals surface area contributed by atoms with Gasteiger partial charge in [0.25, 0.3) is 0 Å². The second kappa shape index (κ2) is 4.60. The van der Waals surface area contributed by atoms with E-state index in [1.807, 2.05) is 24.3 Å². The highest BCUT2D eigenvalue weighted by Gasteiger charge is 2.12. The van der Waals surface area contributed by atoms with E-state index in [-0.39, 0.29) is 5.75 Å². The van der Waals surface area contributed by atoms with Gasteiger partial charge in [-0.3, -0.25) is 0 Å². The molecule has 0 aliphatic rings. The van der Waals surface area contributed by atoms with Crippen LogP contribution in [0.5, 0.6) is 5.75 Å². The number of aromatic hydroxyl groups is 1. The number of aryl methyl sites for hydroxylation is 1. The zero-order valence-electron chi connectivity index (χ0n) is 12.4. The van der Waals surface area contributed by atoms with Crippen molar-refractivity contribution in [1.29, 1.82) is 0 Å². The number of phenols is 1. The van der Waals surface area contributed by atoms with Gasteiger partial charge in [-0.2, -0.15) is 0 Å². The standard InChI is InChI=1S/C21H16O/c1-13-8-9-16-12-19(22)14(2)20-18(11-10-17(13)21(16)20)15-6-4-3-5-7-15/h3-12,22H,2H2,1H3. The van der Waals surface area contributed by atoms with Gasteiger partial charge in [0.05, 0.1) is 0 Å². The minimum absolute atomic E-state index is 0.251. The van der Waals surface area contributed by atoms with Gasteiger partial charge in [0.15, 0.2) is 0 Å². The molecule has 1 nitrogen and oxygen atoms in total. The van der Waals surface area contributed by atoms with Crippen LogP contribution in [0.25, 0.3) is 39.3 Å². The molecule has 0 bridgehead atoms. The van der Waals surface area contributed by atoms with Crippen molar-refractivity contribution in [3.8, 4) is 16.9 Å². The van der Waals surface area contributed by atoms with E-state index in [2.05, 4.69) is 49.9 Å². The summed E-state index contributed by atoms with van der Waals surface area (Å²) in [7, 11) is 0. The Morgan fingerprint density at radius 1 is 0.864 bits per heavy atom. The zero-order chi connectivity index (χ0) is 15.3. The first-order valence-corrected chi connectivity index (χ1v) is 7.39. The summed E-state index contributed by atoms with van der Waals surface area (Å²) in [5.41, 5.74) is 3.49. The maximum atomic E-state index is 10.3. The molecule has 4 aromatic rings. The highest BCUT2D eigenvalue weighted by molar-refractivity contribution is 6.16. The molecule has 0 fully saturated rings. The van der Waals surface area contributed by atoms with Crippen LogP contribution in [0, 0.1) is 6.92 Å². The first-order chi connectivity index (χ1) is 10.7. The Bertz CT molecular complexity index is 1050. The molecule has 0 aliphatic heterocycles. The van der Waals surface area contributed by atoms with Crippen molar-refractivity contribution in [2.45, 2.75) is 6.92 Å². The SMILES string of the molecule is C=c1c(O)cc2ccc(C)c3ccc(-c4ccccc4)c1c23. The number of hydrogen-bond acceptors (Lipinski definition) is 1. The van der Waals surface area contributed by atoms with E-state index in [0.29, 0.717) is 5.22 Å². The largest absolute Gasteiger partial charge is 0.507 e. The molecule has 0 heterocycles. The van der Waals surface area contributed by atoms with Crippen LogP contribution in [0.4, 0.5) is 0 Å². The van der Waals surface area contributed by atoms with Crippen LogP contribution < -0.4 is 5.22 Å². The quantitative estimate of drug-likeness (QED) is 0.532. The molecule has 0 aliphatic carbocycles. The Balaban J connectivity index is 2.28. The highest BCUT2D eigenvalue weighted by Crippen LogP contribution is 2.35. The topological polar surface area (TPSA) is 20.2 Å². The summed E-state index contributed by atoms with van der Waals surface area (Å²) in [5.74, 6) is 0.251. The minimum Gasteiger partial charge on any atom is -0.507 e. The summed E-state index contributed by atoms with van der Waals surface area (Å²) >= 11 is 0. The Labute approximate surface area is 129 Å². The van der Waals surface area contributed by atoms with Crippen LogP contribution in [0.15, 0.2) is 60.7 Å². The van der Waals surface area contributed by atoms with Gasteiger partial charge in [0.2, 0.25) is 0 Å². The van der Waals surface area contributed by atoms with Crippen LogP contribution in [-0.4, -0.2) is 5.11 Å². The molecule has 4 aromatic carbocycles. The number of rotatable bonds is 1. The first kappa shape index (κ1) is 12.9. The lowest BCUT2D eigenvalue weighted by atomic mass is 9.90. The molecule has 106 valence electrons. The molecule has 0 saturated carbocycles. The third-order valence-electron chi connectivity index (χ3n) is 4.42. The Morgan fingerprint density at radius 2 is 1.64 bits per heavy atom. The fourth-order valence-corrected chi connectivity index (χ4v) is 3.27. The summed E-state index contributed by atoms with van der Waals surface area (Å²) in [5, 5.41) is 15.5. The predicted octanol–water partition coefficient (Wildman–Crippen LogP) is 4.80. The summed E-state index contributed by atoms with van der Waals surface area (Å²) in [6, 6.07) is 20.5. The minimum atomic E-state index is 0.251. The van der Waals surface area contributed by atoms with E-state index in [0.717, 1.165) is 21.9 Å². The monoisotopic (exact) mass is 284 g/mol. The normalized spacial score (nSPS) is 11.3. The molecule has 0 amide bonds. The Kier molecular flexibility index (Phi) is 2.70. The van der Waals surface area contributed by atoms with Gasteiger partial charge >= 0.3 is 0 Å². The van der Waals surface area contributed by atoms with Crippen molar-refractivity contribution in [2.24, 2.45) is 0 Å². The van der Waals surface area contributed by atoms with Crippen LogP contribution in [0.3, 0.4) is 0 Å². The molecule has 0 spiro atoms. The molecule has 0 unspecified atom stereocenters. The molecule has 1 N–H and O–H groups in total. The van der Waals surface area contributed by atoms with Gasteiger partial charge in [-0.15, -0.1) is 0 Å². The van der Waals surface area contributed by atoms with E-state index in [9.17, 15) is 5.11 Å². The summed E-state index contributed by atoms with van der Waals surface area (Å²) < 4.78 is 0. The van der Waals surface area contributed by atoms with Crippen molar-refractivity contribution < 1.29 is 5.11 Å². The van der Waals surface area contributed by atoms with E-state index in [4.69, 9.17) is 0 Å². The number of benzene rings is 4. The lowest BCUT2D eigenvalue weighted by Crippen LogP contribution is -2.03. The fourth-order valence-electron chi connectivity index (χ4n) is 3.27. The molecular formula is C21H16O. The van der Waals surface area contributed by atoms with Crippen molar-refractivity contribution in [1.82, 2.24) is 0 Å². The maximum Gasteiger partial charge on any atom is 0.123 e. The van der Waals surface area contributed by atoms with Crippen LogP contribution >= 0.6 is 0 Å². The maximum absolute atomic E-state index is 10.3. The molecule has 0 atom stereocenters. The summed E-state index contributed by atoms with van der Waals surface area (Å²) in [6.07, 6.45) is 0. The fraction of sp³-hybridized carbons (Fsp3) is 0.0476. The van der Waals surface area contributed by atoms with E-state index >= 15 is 0 Å².